The average Bonchev–Trinajstić information content (AvgIpc) is 3.00. The second-order valence-electron chi connectivity index (χ2n) is 6.48. The molecule has 0 amide bonds. The Kier molecular flexibility index (Phi) is 4.68. The first-order valence-corrected chi connectivity index (χ1v) is 8.97. The standard InChI is InChI=1S/C20H16ClF2N5/c1-11-7-8-14(22)13(16(11)23)10-28-15(9-12-5-3-2-4-6-12)25-17-18(24)26-20(21)27-19(17)28/h2-8H,9-10H2,1H3,(H2,24,26,27). The van der Waals surface area contributed by atoms with E-state index < -0.39 is 11.6 Å². The van der Waals surface area contributed by atoms with Crippen molar-refractivity contribution in [3.63, 3.8) is 0 Å². The zero-order chi connectivity index (χ0) is 19.8. The Bertz CT molecular complexity index is 1170. The molecule has 8 heteroatoms. The summed E-state index contributed by atoms with van der Waals surface area (Å²) in [5.41, 5.74) is 7.92. The molecule has 2 aromatic heterocycles. The zero-order valence-electron chi connectivity index (χ0n) is 15.0. The number of nitrogen functional groups attached to an aromatic ring is 1. The molecule has 142 valence electrons. The Hall–Kier alpha value is -3.06. The molecule has 0 spiro atoms. The predicted octanol–water partition coefficient (Wildman–Crippen LogP) is 4.29. The van der Waals surface area contributed by atoms with Crippen LogP contribution < -0.4 is 5.73 Å². The van der Waals surface area contributed by atoms with Crippen molar-refractivity contribution in [1.82, 2.24) is 19.5 Å². The van der Waals surface area contributed by atoms with Gasteiger partial charge in [0.15, 0.2) is 17.0 Å². The number of aryl methyl sites for hydroxylation is 1. The van der Waals surface area contributed by atoms with E-state index in [1.54, 1.807) is 11.5 Å². The first kappa shape index (κ1) is 18.3. The van der Waals surface area contributed by atoms with Gasteiger partial charge in [-0.3, -0.25) is 0 Å². The lowest BCUT2D eigenvalue weighted by atomic mass is 10.1. The molecule has 28 heavy (non-hydrogen) atoms. The van der Waals surface area contributed by atoms with Crippen molar-refractivity contribution in [2.75, 3.05) is 5.73 Å². The number of nitrogens with two attached hydrogens (primary N) is 1. The second-order valence-corrected chi connectivity index (χ2v) is 6.82. The maximum absolute atomic E-state index is 14.6. The van der Waals surface area contributed by atoms with E-state index in [0.29, 0.717) is 29.0 Å². The monoisotopic (exact) mass is 399 g/mol. The fourth-order valence-electron chi connectivity index (χ4n) is 3.14. The molecular weight excluding hydrogens is 384 g/mol. The van der Waals surface area contributed by atoms with Crippen LogP contribution in [0.1, 0.15) is 22.5 Å². The molecule has 2 N–H and O–H groups in total. The summed E-state index contributed by atoms with van der Waals surface area (Å²) in [6.45, 7) is 1.50. The van der Waals surface area contributed by atoms with Crippen LogP contribution in [0, 0.1) is 18.6 Å². The summed E-state index contributed by atoms with van der Waals surface area (Å²) in [5.74, 6) is -0.553. The maximum atomic E-state index is 14.6. The first-order chi connectivity index (χ1) is 13.4. The van der Waals surface area contributed by atoms with Gasteiger partial charge >= 0.3 is 0 Å². The third kappa shape index (κ3) is 3.29. The molecule has 4 aromatic rings. The van der Waals surface area contributed by atoms with Crippen molar-refractivity contribution in [2.24, 2.45) is 0 Å². The molecule has 0 saturated heterocycles. The SMILES string of the molecule is Cc1ccc(F)c(Cn2c(Cc3ccccc3)nc3c(N)nc(Cl)nc32)c1F. The molecule has 0 saturated carbocycles. The van der Waals surface area contributed by atoms with Gasteiger partial charge in [0.05, 0.1) is 6.54 Å². The smallest absolute Gasteiger partial charge is 0.226 e. The van der Waals surface area contributed by atoms with E-state index in [1.165, 1.54) is 12.1 Å². The van der Waals surface area contributed by atoms with Gasteiger partial charge in [0.25, 0.3) is 0 Å². The van der Waals surface area contributed by atoms with Crippen LogP contribution in [-0.4, -0.2) is 19.5 Å². The van der Waals surface area contributed by atoms with Crippen LogP contribution >= 0.6 is 11.6 Å². The lowest BCUT2D eigenvalue weighted by molar-refractivity contribution is 0.538. The molecule has 0 aliphatic heterocycles. The van der Waals surface area contributed by atoms with Crippen LogP contribution in [0.3, 0.4) is 0 Å². The lowest BCUT2D eigenvalue weighted by Gasteiger charge is -2.12. The van der Waals surface area contributed by atoms with E-state index in [-0.39, 0.29) is 23.2 Å². The summed E-state index contributed by atoms with van der Waals surface area (Å²) in [6.07, 6.45) is 0.434. The minimum absolute atomic E-state index is 0.0532. The molecule has 0 aliphatic rings. The fraction of sp³-hybridized carbons (Fsp3) is 0.150. The number of halogens is 3. The Labute approximate surface area is 164 Å². The Morgan fingerprint density at radius 3 is 2.54 bits per heavy atom. The number of benzene rings is 2. The number of aromatic nitrogens is 4. The minimum Gasteiger partial charge on any atom is -0.382 e. The van der Waals surface area contributed by atoms with Crippen molar-refractivity contribution < 1.29 is 8.78 Å². The van der Waals surface area contributed by atoms with E-state index in [2.05, 4.69) is 15.0 Å². The average molecular weight is 400 g/mol. The summed E-state index contributed by atoms with van der Waals surface area (Å²) in [6, 6.07) is 12.3. The molecule has 0 fully saturated rings. The van der Waals surface area contributed by atoms with Gasteiger partial charge in [-0.25, -0.2) is 13.8 Å². The van der Waals surface area contributed by atoms with Crippen LogP contribution in [0.15, 0.2) is 42.5 Å². The third-order valence-corrected chi connectivity index (χ3v) is 4.74. The van der Waals surface area contributed by atoms with Crippen LogP contribution in [0.25, 0.3) is 11.2 Å². The predicted molar refractivity (Wildman–Crippen MR) is 104 cm³/mol. The Balaban J connectivity index is 1.90. The molecule has 0 aliphatic carbocycles. The summed E-state index contributed by atoms with van der Waals surface area (Å²) in [5, 5.41) is -0.0532. The van der Waals surface area contributed by atoms with E-state index in [9.17, 15) is 8.78 Å². The largest absolute Gasteiger partial charge is 0.382 e. The lowest BCUT2D eigenvalue weighted by Crippen LogP contribution is -2.10. The van der Waals surface area contributed by atoms with E-state index in [1.807, 2.05) is 30.3 Å². The quantitative estimate of drug-likeness (QED) is 0.520. The Morgan fingerprint density at radius 2 is 1.79 bits per heavy atom. The molecule has 2 aromatic carbocycles. The molecule has 0 atom stereocenters. The van der Waals surface area contributed by atoms with Crippen LogP contribution in [0.2, 0.25) is 5.28 Å². The van der Waals surface area contributed by atoms with Gasteiger partial charge in [0.2, 0.25) is 5.28 Å². The van der Waals surface area contributed by atoms with Gasteiger partial charge in [0, 0.05) is 12.0 Å². The molecule has 0 unspecified atom stereocenters. The third-order valence-electron chi connectivity index (χ3n) is 4.57. The van der Waals surface area contributed by atoms with Gasteiger partial charge in [-0.2, -0.15) is 9.97 Å². The molecule has 2 heterocycles. The van der Waals surface area contributed by atoms with Gasteiger partial charge in [-0.1, -0.05) is 36.4 Å². The first-order valence-electron chi connectivity index (χ1n) is 8.59. The van der Waals surface area contributed by atoms with Gasteiger partial charge < -0.3 is 10.3 Å². The van der Waals surface area contributed by atoms with Crippen LogP contribution in [-0.2, 0) is 13.0 Å². The molecular formula is C20H16ClF2N5. The van der Waals surface area contributed by atoms with Crippen molar-refractivity contribution >= 4 is 28.6 Å². The number of hydrogen-bond donors (Lipinski definition) is 1. The maximum Gasteiger partial charge on any atom is 0.226 e. The number of nitrogens with zero attached hydrogens (tertiary/aromatic N) is 4. The highest BCUT2D eigenvalue weighted by Crippen LogP contribution is 2.25. The van der Waals surface area contributed by atoms with Crippen molar-refractivity contribution in [1.29, 1.82) is 0 Å². The topological polar surface area (TPSA) is 69.6 Å². The molecule has 0 radical (unpaired) electrons. The summed E-state index contributed by atoms with van der Waals surface area (Å²) in [4.78, 5) is 12.7. The number of fused-ring (bicyclic) bond motifs is 1. The van der Waals surface area contributed by atoms with Crippen molar-refractivity contribution in [3.8, 4) is 0 Å². The van der Waals surface area contributed by atoms with Crippen molar-refractivity contribution in [2.45, 2.75) is 19.9 Å². The molecule has 0 bridgehead atoms. The number of imidazole rings is 1. The molecule has 5 nitrogen and oxygen atoms in total. The number of rotatable bonds is 4. The minimum atomic E-state index is -0.635. The van der Waals surface area contributed by atoms with Crippen molar-refractivity contribution in [3.05, 3.63) is 81.9 Å². The number of anilines is 1. The van der Waals surface area contributed by atoms with Crippen LogP contribution in [0.4, 0.5) is 14.6 Å². The summed E-state index contributed by atoms with van der Waals surface area (Å²) in [7, 11) is 0. The fourth-order valence-corrected chi connectivity index (χ4v) is 3.31. The summed E-state index contributed by atoms with van der Waals surface area (Å²) < 4.78 is 30.6. The van der Waals surface area contributed by atoms with Gasteiger partial charge in [-0.15, -0.1) is 0 Å². The highest BCUT2D eigenvalue weighted by atomic mass is 35.5. The van der Waals surface area contributed by atoms with Crippen LogP contribution in [0.5, 0.6) is 0 Å². The highest BCUT2D eigenvalue weighted by Gasteiger charge is 2.20. The van der Waals surface area contributed by atoms with E-state index >= 15 is 0 Å². The van der Waals surface area contributed by atoms with E-state index in [4.69, 9.17) is 17.3 Å². The van der Waals surface area contributed by atoms with Gasteiger partial charge in [-0.05, 0) is 35.7 Å². The zero-order valence-corrected chi connectivity index (χ0v) is 15.7. The van der Waals surface area contributed by atoms with Gasteiger partial charge in [0.1, 0.15) is 17.5 Å². The highest BCUT2D eigenvalue weighted by molar-refractivity contribution is 6.28. The second kappa shape index (κ2) is 7.16. The van der Waals surface area contributed by atoms with E-state index in [0.717, 1.165) is 5.56 Å². The summed E-state index contributed by atoms with van der Waals surface area (Å²) >= 11 is 5.96. The normalized spacial score (nSPS) is 11.3. The number of hydrogen-bond acceptors (Lipinski definition) is 4. The Morgan fingerprint density at radius 1 is 1.04 bits per heavy atom. The molecule has 4 rings (SSSR count).